The van der Waals surface area contributed by atoms with Gasteiger partial charge in [-0.2, -0.15) is 0 Å². The van der Waals surface area contributed by atoms with Gasteiger partial charge < -0.3 is 23.2 Å². The van der Waals surface area contributed by atoms with Gasteiger partial charge in [0.05, 0.1) is 19.9 Å². The molecule has 0 aliphatic rings. The molecule has 0 N–H and O–H groups in total. The molecule has 7 nitrogen and oxygen atoms in total. The van der Waals surface area contributed by atoms with E-state index in [1.54, 1.807) is 36.6 Å². The molecule has 0 amide bonds. The number of carbonyl (C=O) groups is 2. The van der Waals surface area contributed by atoms with Crippen LogP contribution >= 0.6 is 0 Å². The van der Waals surface area contributed by atoms with E-state index in [0.717, 1.165) is 17.1 Å². The maximum absolute atomic E-state index is 12.5. The van der Waals surface area contributed by atoms with Gasteiger partial charge >= 0.3 is 5.97 Å². The maximum Gasteiger partial charge on any atom is 0.344 e. The summed E-state index contributed by atoms with van der Waals surface area (Å²) in [7, 11) is 1.52. The number of hydrogen-bond donors (Lipinski definition) is 0. The van der Waals surface area contributed by atoms with Crippen molar-refractivity contribution >= 4 is 11.8 Å². The fraction of sp³-hybridized carbons (Fsp3) is 0.273. The van der Waals surface area contributed by atoms with Crippen LogP contribution < -0.4 is 9.47 Å². The summed E-state index contributed by atoms with van der Waals surface area (Å²) in [5.41, 5.74) is 2.24. The molecule has 0 aliphatic carbocycles. The smallest absolute Gasteiger partial charge is 0.344 e. The number of para-hydroxylation sites is 2. The Morgan fingerprint density at radius 1 is 1.03 bits per heavy atom. The van der Waals surface area contributed by atoms with Crippen LogP contribution in [0.3, 0.4) is 0 Å². The van der Waals surface area contributed by atoms with Crippen molar-refractivity contribution in [1.29, 1.82) is 0 Å². The summed E-state index contributed by atoms with van der Waals surface area (Å²) in [5.74, 6) is 0.842. The van der Waals surface area contributed by atoms with Gasteiger partial charge in [0.25, 0.3) is 0 Å². The van der Waals surface area contributed by atoms with Gasteiger partial charge in [0.2, 0.25) is 5.78 Å². The van der Waals surface area contributed by atoms with E-state index >= 15 is 0 Å². The molecule has 3 aromatic rings. The van der Waals surface area contributed by atoms with Gasteiger partial charge in [-0.1, -0.05) is 12.1 Å². The minimum Gasteiger partial charge on any atom is -0.493 e. The topological polar surface area (TPSA) is 79.9 Å². The van der Waals surface area contributed by atoms with E-state index in [4.69, 9.17) is 18.6 Å². The second-order valence-electron chi connectivity index (χ2n) is 6.47. The highest BCUT2D eigenvalue weighted by molar-refractivity contribution is 5.99. The van der Waals surface area contributed by atoms with Crippen molar-refractivity contribution in [3.8, 4) is 11.5 Å². The van der Waals surface area contributed by atoms with Gasteiger partial charge in [0.1, 0.15) is 5.76 Å². The molecule has 152 valence electrons. The van der Waals surface area contributed by atoms with Crippen LogP contribution in [0.25, 0.3) is 0 Å². The van der Waals surface area contributed by atoms with Crippen molar-refractivity contribution in [3.63, 3.8) is 0 Å². The van der Waals surface area contributed by atoms with Crippen LogP contribution in [0, 0.1) is 13.8 Å². The first-order chi connectivity index (χ1) is 14.0. The fourth-order valence-corrected chi connectivity index (χ4v) is 3.03. The summed E-state index contributed by atoms with van der Waals surface area (Å²) >= 11 is 0. The predicted octanol–water partition coefficient (Wildman–Crippen LogP) is 3.56. The zero-order valence-electron chi connectivity index (χ0n) is 16.6. The van der Waals surface area contributed by atoms with E-state index in [1.165, 1.54) is 7.11 Å². The van der Waals surface area contributed by atoms with Crippen molar-refractivity contribution in [2.24, 2.45) is 0 Å². The molecule has 0 fully saturated rings. The van der Waals surface area contributed by atoms with Gasteiger partial charge in [-0.25, -0.2) is 4.79 Å². The summed E-state index contributed by atoms with van der Waals surface area (Å²) in [5, 5.41) is 0. The number of ether oxygens (including phenoxy) is 3. The number of Topliss-reactive ketones (excluding diaryl/α,β-unsaturated/α-hetero) is 1. The Morgan fingerprint density at radius 2 is 1.79 bits per heavy atom. The normalized spacial score (nSPS) is 10.6. The van der Waals surface area contributed by atoms with Crippen LogP contribution in [0.1, 0.15) is 27.5 Å². The molecular weight excluding hydrogens is 374 g/mol. The van der Waals surface area contributed by atoms with Crippen LogP contribution in [0.4, 0.5) is 0 Å². The molecule has 0 radical (unpaired) electrons. The lowest BCUT2D eigenvalue weighted by Crippen LogP contribution is -2.20. The lowest BCUT2D eigenvalue weighted by Gasteiger charge is -2.10. The molecule has 29 heavy (non-hydrogen) atoms. The number of methoxy groups -OCH3 is 1. The molecule has 2 aromatic heterocycles. The number of benzene rings is 1. The largest absolute Gasteiger partial charge is 0.493 e. The van der Waals surface area contributed by atoms with Crippen LogP contribution in [-0.2, 0) is 16.1 Å². The lowest BCUT2D eigenvalue weighted by molar-refractivity contribution is -0.144. The highest BCUT2D eigenvalue weighted by Gasteiger charge is 2.18. The summed E-state index contributed by atoms with van der Waals surface area (Å²) in [6, 6.07) is 12.5. The SMILES string of the molecule is COc1ccccc1OCC(=O)OCC(=O)c1cc(C)n(Cc2ccco2)c1C. The average molecular weight is 397 g/mol. The van der Waals surface area contributed by atoms with Gasteiger partial charge in [-0.15, -0.1) is 0 Å². The molecular formula is C22H23NO6. The molecule has 0 spiro atoms. The standard InChI is InChI=1S/C22H23NO6/c1-15-11-18(16(2)23(15)12-17-7-6-10-27-17)19(24)13-29-22(25)14-28-21-9-5-4-8-20(21)26-3/h4-11H,12-14H2,1-3H3. The zero-order chi connectivity index (χ0) is 20.8. The van der Waals surface area contributed by atoms with Crippen LogP contribution in [-0.4, -0.2) is 36.6 Å². The first kappa shape index (κ1) is 20.3. The first-order valence-electron chi connectivity index (χ1n) is 9.13. The molecule has 0 bridgehead atoms. The minimum absolute atomic E-state index is 0.269. The Labute approximate surface area is 168 Å². The number of carbonyl (C=O) groups excluding carboxylic acids is 2. The number of ketones is 1. The number of aryl methyl sites for hydroxylation is 1. The first-order valence-corrected chi connectivity index (χ1v) is 9.13. The van der Waals surface area contributed by atoms with Crippen molar-refractivity contribution < 1.29 is 28.2 Å². The molecule has 0 saturated carbocycles. The number of rotatable bonds is 9. The van der Waals surface area contributed by atoms with Gasteiger partial charge in [-0.05, 0) is 44.2 Å². The van der Waals surface area contributed by atoms with Gasteiger partial charge in [0.15, 0.2) is 24.7 Å². The maximum atomic E-state index is 12.5. The number of aromatic nitrogens is 1. The van der Waals surface area contributed by atoms with Crippen molar-refractivity contribution in [1.82, 2.24) is 4.57 Å². The van der Waals surface area contributed by atoms with Crippen LogP contribution in [0.2, 0.25) is 0 Å². The summed E-state index contributed by atoms with van der Waals surface area (Å²) in [4.78, 5) is 24.5. The third kappa shape index (κ3) is 4.87. The molecule has 3 rings (SSSR count). The summed E-state index contributed by atoms with van der Waals surface area (Å²) in [6.07, 6.45) is 1.61. The number of esters is 1. The Morgan fingerprint density at radius 3 is 2.48 bits per heavy atom. The molecule has 0 atom stereocenters. The molecule has 1 aromatic carbocycles. The highest BCUT2D eigenvalue weighted by Crippen LogP contribution is 2.25. The third-order valence-electron chi connectivity index (χ3n) is 4.55. The van der Waals surface area contributed by atoms with E-state index < -0.39 is 5.97 Å². The van der Waals surface area contributed by atoms with Gasteiger partial charge in [0, 0.05) is 17.0 Å². The fourth-order valence-electron chi connectivity index (χ4n) is 3.03. The predicted molar refractivity (Wildman–Crippen MR) is 105 cm³/mol. The van der Waals surface area contributed by atoms with Crippen molar-refractivity contribution in [3.05, 3.63) is 71.4 Å². The molecule has 0 aliphatic heterocycles. The van der Waals surface area contributed by atoms with Crippen molar-refractivity contribution in [2.45, 2.75) is 20.4 Å². The van der Waals surface area contributed by atoms with E-state index in [1.807, 2.05) is 30.5 Å². The monoisotopic (exact) mass is 397 g/mol. The average Bonchev–Trinajstić information content (AvgIpc) is 3.34. The van der Waals surface area contributed by atoms with E-state index in [9.17, 15) is 9.59 Å². The summed E-state index contributed by atoms with van der Waals surface area (Å²) in [6.45, 7) is 3.64. The molecule has 2 heterocycles. The quantitative estimate of drug-likeness (QED) is 0.406. The van der Waals surface area contributed by atoms with Crippen LogP contribution in [0.15, 0.2) is 53.1 Å². The molecule has 0 saturated heterocycles. The number of nitrogens with zero attached hydrogens (tertiary/aromatic N) is 1. The van der Waals surface area contributed by atoms with E-state index in [0.29, 0.717) is 23.6 Å². The third-order valence-corrected chi connectivity index (χ3v) is 4.55. The number of hydrogen-bond acceptors (Lipinski definition) is 6. The second kappa shape index (κ2) is 9.14. The Balaban J connectivity index is 1.56. The Bertz CT molecular complexity index is 987. The van der Waals surface area contributed by atoms with Crippen molar-refractivity contribution in [2.75, 3.05) is 20.3 Å². The van der Waals surface area contributed by atoms with E-state index in [2.05, 4.69) is 0 Å². The zero-order valence-corrected chi connectivity index (χ0v) is 16.6. The van der Waals surface area contributed by atoms with E-state index in [-0.39, 0.29) is 19.0 Å². The minimum atomic E-state index is -0.631. The van der Waals surface area contributed by atoms with Crippen LogP contribution in [0.5, 0.6) is 11.5 Å². The van der Waals surface area contributed by atoms with Gasteiger partial charge in [-0.3, -0.25) is 4.79 Å². The highest BCUT2D eigenvalue weighted by atomic mass is 16.6. The molecule has 0 unspecified atom stereocenters. The Kier molecular flexibility index (Phi) is 6.39. The Hall–Kier alpha value is -3.48. The lowest BCUT2D eigenvalue weighted by atomic mass is 10.1. The molecule has 7 heteroatoms. The second-order valence-corrected chi connectivity index (χ2v) is 6.47. The summed E-state index contributed by atoms with van der Waals surface area (Å²) < 4.78 is 23.0. The number of furan rings is 1.